The normalized spacial score (nSPS) is 20.6. The Balaban J connectivity index is 2.56. The highest BCUT2D eigenvalue weighted by atomic mass is 16.1. The molecule has 14 heavy (non-hydrogen) atoms. The largest absolute Gasteiger partial charge is 0.315 e. The summed E-state index contributed by atoms with van der Waals surface area (Å²) in [7, 11) is 3.84. The Kier molecular flexibility index (Phi) is 2.42. The average molecular weight is 192 g/mol. The Hall–Kier alpha value is -1.09. The maximum absolute atomic E-state index is 11.4. The van der Waals surface area contributed by atoms with Crippen molar-refractivity contribution in [1.29, 1.82) is 0 Å². The summed E-state index contributed by atoms with van der Waals surface area (Å²) in [5.74, 6) is 0. The van der Waals surface area contributed by atoms with Gasteiger partial charge in [-0.2, -0.15) is 0 Å². The third-order valence-corrected chi connectivity index (χ3v) is 3.10. The monoisotopic (exact) mass is 192 g/mol. The van der Waals surface area contributed by atoms with Crippen LogP contribution in [0.15, 0.2) is 16.9 Å². The van der Waals surface area contributed by atoms with E-state index in [2.05, 4.69) is 5.32 Å². The van der Waals surface area contributed by atoms with Gasteiger partial charge in [0.05, 0.1) is 0 Å². The molecule has 76 valence electrons. The molecule has 1 aliphatic carbocycles. The van der Waals surface area contributed by atoms with Crippen molar-refractivity contribution in [3.8, 4) is 0 Å². The molecule has 0 amide bonds. The summed E-state index contributed by atoms with van der Waals surface area (Å²) in [5, 5.41) is 3.29. The fourth-order valence-electron chi connectivity index (χ4n) is 2.25. The molecule has 0 aliphatic heterocycles. The van der Waals surface area contributed by atoms with Gasteiger partial charge < -0.3 is 9.88 Å². The lowest BCUT2D eigenvalue weighted by molar-refractivity contribution is 0.477. The highest BCUT2D eigenvalue weighted by Gasteiger charge is 2.20. The lowest BCUT2D eigenvalue weighted by Gasteiger charge is -2.26. The number of rotatable bonds is 1. The predicted molar refractivity (Wildman–Crippen MR) is 56.4 cm³/mol. The smallest absolute Gasteiger partial charge is 0.250 e. The van der Waals surface area contributed by atoms with Crippen molar-refractivity contribution in [2.45, 2.75) is 25.3 Å². The van der Waals surface area contributed by atoms with E-state index in [9.17, 15) is 4.79 Å². The van der Waals surface area contributed by atoms with E-state index in [0.717, 1.165) is 12.8 Å². The van der Waals surface area contributed by atoms with Crippen molar-refractivity contribution in [1.82, 2.24) is 9.88 Å². The Bertz CT molecular complexity index is 395. The van der Waals surface area contributed by atoms with Crippen LogP contribution in [0.25, 0.3) is 0 Å². The third kappa shape index (κ3) is 1.38. The third-order valence-electron chi connectivity index (χ3n) is 3.10. The van der Waals surface area contributed by atoms with Crippen LogP contribution >= 0.6 is 0 Å². The quantitative estimate of drug-likeness (QED) is 0.719. The van der Waals surface area contributed by atoms with E-state index >= 15 is 0 Å². The zero-order valence-electron chi connectivity index (χ0n) is 8.71. The molecule has 1 aliphatic rings. The van der Waals surface area contributed by atoms with Crippen LogP contribution in [0, 0.1) is 0 Å². The van der Waals surface area contributed by atoms with Gasteiger partial charge in [0.2, 0.25) is 5.56 Å². The molecule has 1 atom stereocenters. The van der Waals surface area contributed by atoms with Crippen molar-refractivity contribution >= 4 is 0 Å². The molecule has 0 unspecified atom stereocenters. The van der Waals surface area contributed by atoms with Gasteiger partial charge in [-0.25, -0.2) is 0 Å². The minimum atomic E-state index is 0.0977. The number of hydrogen-bond acceptors (Lipinski definition) is 2. The van der Waals surface area contributed by atoms with Crippen LogP contribution in [-0.4, -0.2) is 11.6 Å². The number of nitrogens with zero attached hydrogens (tertiary/aromatic N) is 1. The molecule has 0 aromatic carbocycles. The number of nitrogens with one attached hydrogen (secondary N) is 1. The van der Waals surface area contributed by atoms with Gasteiger partial charge in [0.15, 0.2) is 0 Å². The van der Waals surface area contributed by atoms with Crippen molar-refractivity contribution in [2.24, 2.45) is 7.05 Å². The van der Waals surface area contributed by atoms with Crippen LogP contribution in [0.1, 0.15) is 30.1 Å². The molecule has 2 rings (SSSR count). The zero-order chi connectivity index (χ0) is 10.1. The van der Waals surface area contributed by atoms with Gasteiger partial charge in [-0.1, -0.05) is 6.07 Å². The fourth-order valence-corrected chi connectivity index (χ4v) is 2.25. The molecule has 0 spiro atoms. The second-order valence-corrected chi connectivity index (χ2v) is 3.87. The predicted octanol–water partition coefficient (Wildman–Crippen LogP) is 0.982. The lowest BCUT2D eigenvalue weighted by atomic mass is 9.91. The Morgan fingerprint density at radius 2 is 2.29 bits per heavy atom. The maximum Gasteiger partial charge on any atom is 0.250 e. The fraction of sp³-hybridized carbons (Fsp3) is 0.545. The molecule has 1 aromatic heterocycles. The summed E-state index contributed by atoms with van der Waals surface area (Å²) in [5.41, 5.74) is 2.59. The molecule has 0 radical (unpaired) electrons. The minimum absolute atomic E-state index is 0.0977. The molecule has 0 saturated heterocycles. The van der Waals surface area contributed by atoms with Crippen molar-refractivity contribution < 1.29 is 0 Å². The van der Waals surface area contributed by atoms with Crippen LogP contribution in [-0.2, 0) is 13.5 Å². The van der Waals surface area contributed by atoms with Gasteiger partial charge >= 0.3 is 0 Å². The van der Waals surface area contributed by atoms with Gasteiger partial charge in [0.25, 0.3) is 0 Å². The molecular formula is C11H16N2O. The van der Waals surface area contributed by atoms with E-state index in [1.54, 1.807) is 10.6 Å². The molecule has 0 bridgehead atoms. The van der Waals surface area contributed by atoms with Crippen molar-refractivity contribution in [2.75, 3.05) is 7.05 Å². The first-order valence-electron chi connectivity index (χ1n) is 5.10. The van der Waals surface area contributed by atoms with E-state index in [0.29, 0.717) is 6.04 Å². The summed E-state index contributed by atoms with van der Waals surface area (Å²) in [6.07, 6.45) is 3.36. The first kappa shape index (κ1) is 9.46. The van der Waals surface area contributed by atoms with Crippen LogP contribution in [0.3, 0.4) is 0 Å². The Morgan fingerprint density at radius 3 is 3.00 bits per heavy atom. The lowest BCUT2D eigenvalue weighted by Crippen LogP contribution is -2.28. The Labute approximate surface area is 83.8 Å². The summed E-state index contributed by atoms with van der Waals surface area (Å²) >= 11 is 0. The summed E-state index contributed by atoms with van der Waals surface area (Å²) < 4.78 is 1.78. The number of fused-ring (bicyclic) bond motifs is 1. The second kappa shape index (κ2) is 3.58. The first-order valence-corrected chi connectivity index (χ1v) is 5.10. The number of hydrogen-bond donors (Lipinski definition) is 1. The Morgan fingerprint density at radius 1 is 1.50 bits per heavy atom. The van der Waals surface area contributed by atoms with Gasteiger partial charge in [-0.15, -0.1) is 0 Å². The van der Waals surface area contributed by atoms with E-state index in [1.165, 1.54) is 17.7 Å². The zero-order valence-corrected chi connectivity index (χ0v) is 8.71. The molecule has 3 nitrogen and oxygen atoms in total. The summed E-state index contributed by atoms with van der Waals surface area (Å²) in [4.78, 5) is 11.4. The van der Waals surface area contributed by atoms with E-state index in [-0.39, 0.29) is 5.56 Å². The van der Waals surface area contributed by atoms with Crippen LogP contribution in [0.4, 0.5) is 0 Å². The van der Waals surface area contributed by atoms with Crippen LogP contribution in [0.2, 0.25) is 0 Å². The molecule has 0 saturated carbocycles. The van der Waals surface area contributed by atoms with Gasteiger partial charge in [-0.3, -0.25) is 4.79 Å². The topological polar surface area (TPSA) is 34.0 Å². The van der Waals surface area contributed by atoms with Gasteiger partial charge in [-0.05, 0) is 31.9 Å². The molecule has 1 N–H and O–H groups in total. The highest BCUT2D eigenvalue weighted by Crippen LogP contribution is 2.27. The van der Waals surface area contributed by atoms with Crippen LogP contribution < -0.4 is 10.9 Å². The molecule has 0 fully saturated rings. The van der Waals surface area contributed by atoms with Gasteiger partial charge in [0, 0.05) is 24.8 Å². The average Bonchev–Trinajstić information content (AvgIpc) is 2.23. The molecule has 1 aromatic rings. The summed E-state index contributed by atoms with van der Waals surface area (Å²) in [6, 6.07) is 4.05. The van der Waals surface area contributed by atoms with E-state index in [4.69, 9.17) is 0 Å². The molecule has 1 heterocycles. The summed E-state index contributed by atoms with van der Waals surface area (Å²) in [6.45, 7) is 0. The van der Waals surface area contributed by atoms with Crippen molar-refractivity contribution in [3.63, 3.8) is 0 Å². The van der Waals surface area contributed by atoms with E-state index in [1.807, 2.05) is 20.2 Å². The number of pyridine rings is 1. The van der Waals surface area contributed by atoms with Crippen LogP contribution in [0.5, 0.6) is 0 Å². The van der Waals surface area contributed by atoms with E-state index < -0.39 is 0 Å². The number of aromatic nitrogens is 1. The highest BCUT2D eigenvalue weighted by molar-refractivity contribution is 5.27. The standard InChI is InChI=1S/C11H16N2O/c1-12-9-4-3-5-10-8(9)6-7-11(14)13(10)2/h6-7,9,12H,3-5H2,1-2H3/t9-/m1/s1. The molecule has 3 heteroatoms. The maximum atomic E-state index is 11.4. The van der Waals surface area contributed by atoms with Crippen molar-refractivity contribution in [3.05, 3.63) is 33.7 Å². The van der Waals surface area contributed by atoms with Gasteiger partial charge in [0.1, 0.15) is 0 Å². The SMILES string of the molecule is CN[C@@H]1CCCc2c1ccc(=O)n2C. The first-order chi connectivity index (χ1) is 6.74. The second-order valence-electron chi connectivity index (χ2n) is 3.87. The molecular weight excluding hydrogens is 176 g/mol. The minimum Gasteiger partial charge on any atom is -0.315 e.